The molecule has 0 fully saturated rings. The number of hydrogen-bond donors (Lipinski definition) is 4. The van der Waals surface area contributed by atoms with Crippen LogP contribution in [0.25, 0.3) is 11.1 Å². The number of aliphatic carboxylic acids is 2. The Bertz CT molecular complexity index is 2730. The Labute approximate surface area is 403 Å². The van der Waals surface area contributed by atoms with Crippen LogP contribution >= 0.6 is 23.2 Å². The van der Waals surface area contributed by atoms with Gasteiger partial charge < -0.3 is 39.8 Å². The van der Waals surface area contributed by atoms with Crippen molar-refractivity contribution in [3.8, 4) is 46.3 Å². The van der Waals surface area contributed by atoms with E-state index < -0.39 is 11.9 Å². The van der Waals surface area contributed by atoms with E-state index in [1.807, 2.05) is 38.1 Å². The quantitative estimate of drug-likeness (QED) is 0.0348. The van der Waals surface area contributed by atoms with Crippen LogP contribution < -0.4 is 29.6 Å². The highest BCUT2D eigenvalue weighted by Crippen LogP contribution is 2.37. The smallest absolute Gasteiger partial charge is 0.328 e. The summed E-state index contributed by atoms with van der Waals surface area (Å²) in [4.78, 5) is 30.1. The largest absolute Gasteiger partial charge is 0.488 e. The van der Waals surface area contributed by atoms with Gasteiger partial charge in [-0.1, -0.05) is 71.8 Å². The number of pyridine rings is 2. The van der Waals surface area contributed by atoms with Crippen molar-refractivity contribution in [3.05, 3.63) is 188 Å². The summed E-state index contributed by atoms with van der Waals surface area (Å²) in [6, 6.07) is 26.6. The number of carboxylic acid groups (broad SMARTS) is 2. The second-order valence-corrected chi connectivity index (χ2v) is 16.1. The molecule has 0 amide bonds. The van der Waals surface area contributed by atoms with Crippen molar-refractivity contribution < 1.29 is 38.7 Å². The van der Waals surface area contributed by atoms with Gasteiger partial charge in [-0.05, 0) is 71.5 Å². The molecule has 14 nitrogen and oxygen atoms in total. The van der Waals surface area contributed by atoms with Gasteiger partial charge in [0.25, 0.3) is 0 Å². The number of carbonyl (C=O) groups is 2. The second-order valence-electron chi connectivity index (χ2n) is 15.2. The second kappa shape index (κ2) is 24.7. The van der Waals surface area contributed by atoms with E-state index in [2.05, 4.69) is 44.9 Å². The topological polar surface area (TPSA) is 209 Å². The molecule has 346 valence electrons. The maximum Gasteiger partial charge on any atom is 0.328 e. The van der Waals surface area contributed by atoms with Crippen LogP contribution in [0.5, 0.6) is 23.0 Å². The van der Waals surface area contributed by atoms with Gasteiger partial charge in [0.1, 0.15) is 61.6 Å². The molecule has 68 heavy (non-hydrogen) atoms. The van der Waals surface area contributed by atoms with Crippen LogP contribution in [-0.4, -0.2) is 45.2 Å². The number of carboxylic acids is 2. The summed E-state index contributed by atoms with van der Waals surface area (Å²) in [5.74, 6) is -0.305. The first kappa shape index (κ1) is 49.7. The van der Waals surface area contributed by atoms with E-state index in [-0.39, 0.29) is 26.4 Å². The van der Waals surface area contributed by atoms with E-state index in [4.69, 9.17) is 52.4 Å². The lowest BCUT2D eigenvalue weighted by Crippen LogP contribution is -2.14. The lowest BCUT2D eigenvalue weighted by atomic mass is 9.92. The van der Waals surface area contributed by atoms with Crippen LogP contribution in [-0.2, 0) is 49.1 Å². The van der Waals surface area contributed by atoms with Gasteiger partial charge in [0.15, 0.2) is 0 Å². The molecular formula is C52H46Cl2N6O8. The van der Waals surface area contributed by atoms with Gasteiger partial charge in [0.05, 0.1) is 21.2 Å². The predicted molar refractivity (Wildman–Crippen MR) is 256 cm³/mol. The SMILES string of the molecule is Cc1c(COc2cc(OCc3cncc(C#N)c3)c(CNC/C=C/C(=O)O)cc2Cl)cccc1-c1cccc(COc2cc(OCc3cncc(C#N)c3)c(CNC/C=C/C(=O)O)cc2Cl)c1C. The van der Waals surface area contributed by atoms with E-state index in [1.54, 1.807) is 48.8 Å². The number of benzene rings is 4. The van der Waals surface area contributed by atoms with Gasteiger partial charge in [-0.2, -0.15) is 10.5 Å². The Kier molecular flexibility index (Phi) is 18.1. The third-order valence-corrected chi connectivity index (χ3v) is 11.1. The molecule has 0 unspecified atom stereocenters. The van der Waals surface area contributed by atoms with Gasteiger partial charge in [0.2, 0.25) is 0 Å². The summed E-state index contributed by atoms with van der Waals surface area (Å²) in [7, 11) is 0. The molecule has 0 aliphatic carbocycles. The number of rotatable bonds is 23. The molecule has 0 saturated heterocycles. The number of nitrogens with one attached hydrogen (secondary N) is 2. The lowest BCUT2D eigenvalue weighted by molar-refractivity contribution is -0.132. The lowest BCUT2D eigenvalue weighted by Gasteiger charge is -2.19. The number of aromatic nitrogens is 2. The maximum absolute atomic E-state index is 10.9. The Balaban J connectivity index is 1.18. The molecule has 16 heteroatoms. The minimum atomic E-state index is -1.04. The zero-order valence-corrected chi connectivity index (χ0v) is 38.6. The van der Waals surface area contributed by atoms with Gasteiger partial charge in [-0.25, -0.2) is 9.59 Å². The number of nitriles is 2. The predicted octanol–water partition coefficient (Wildman–Crippen LogP) is 9.59. The minimum absolute atomic E-state index is 0.127. The monoisotopic (exact) mass is 952 g/mol. The Morgan fingerprint density at radius 2 is 1.00 bits per heavy atom. The highest BCUT2D eigenvalue weighted by atomic mass is 35.5. The van der Waals surface area contributed by atoms with Crippen LogP contribution in [0.2, 0.25) is 10.0 Å². The fourth-order valence-electron chi connectivity index (χ4n) is 6.97. The first-order valence-electron chi connectivity index (χ1n) is 21.1. The highest BCUT2D eigenvalue weighted by molar-refractivity contribution is 6.32. The third kappa shape index (κ3) is 14.1. The van der Waals surface area contributed by atoms with Crippen molar-refractivity contribution in [1.82, 2.24) is 20.6 Å². The van der Waals surface area contributed by atoms with E-state index in [0.717, 1.165) is 56.7 Å². The average molecular weight is 954 g/mol. The van der Waals surface area contributed by atoms with Crippen molar-refractivity contribution in [2.24, 2.45) is 0 Å². The molecule has 0 saturated carbocycles. The highest BCUT2D eigenvalue weighted by Gasteiger charge is 2.17. The third-order valence-electron chi connectivity index (χ3n) is 10.5. The van der Waals surface area contributed by atoms with Crippen molar-refractivity contribution in [2.75, 3.05) is 13.1 Å². The van der Waals surface area contributed by atoms with Crippen LogP contribution in [0.3, 0.4) is 0 Å². The number of nitrogens with zero attached hydrogens (tertiary/aromatic N) is 4. The fraction of sp³-hybridized carbons (Fsp3) is 0.192. The summed E-state index contributed by atoms with van der Waals surface area (Å²) in [5.41, 5.74) is 9.53. The summed E-state index contributed by atoms with van der Waals surface area (Å²) in [6.07, 6.45) is 11.3. The van der Waals surface area contributed by atoms with E-state index in [1.165, 1.54) is 24.5 Å². The Morgan fingerprint density at radius 1 is 0.588 bits per heavy atom. The van der Waals surface area contributed by atoms with Gasteiger partial charge in [-0.3, -0.25) is 9.97 Å². The van der Waals surface area contributed by atoms with Gasteiger partial charge in [0, 0.05) is 97.5 Å². The number of ether oxygens (including phenoxy) is 4. The molecule has 6 aromatic rings. The van der Waals surface area contributed by atoms with Crippen LogP contribution in [0.1, 0.15) is 55.6 Å². The molecule has 0 aliphatic rings. The summed E-state index contributed by atoms with van der Waals surface area (Å²) in [6.45, 7) is 5.97. The molecule has 6 rings (SSSR count). The standard InChI is InChI=1S/C52H46Cl2N6O8/c1-33-39(31-67-49-19-47(65-29-37-15-35(21-55)23-59-25-37)41(17-45(49)53)27-57-13-5-11-51(61)62)7-3-9-43(33)44-10-4-8-40(34(44)2)32-68-50-20-48(66-30-38-16-36(22-56)24-60-26-38)42(18-46(50)54)28-58-14-6-12-52(63)64/h3-12,15-20,23-26,57-58H,13-14,27-32H2,1-2H3,(H,61,62)(H,63,64)/b11-5+,12-6+. The molecule has 0 aliphatic heterocycles. The zero-order chi connectivity index (χ0) is 48.4. The Hall–Kier alpha value is -7.72. The molecule has 2 aromatic heterocycles. The van der Waals surface area contributed by atoms with E-state index in [0.29, 0.717) is 81.5 Å². The minimum Gasteiger partial charge on any atom is -0.488 e. The number of halogens is 2. The molecule has 4 N–H and O–H groups in total. The van der Waals surface area contributed by atoms with Crippen molar-refractivity contribution >= 4 is 35.1 Å². The molecule has 4 aromatic carbocycles. The Morgan fingerprint density at radius 3 is 1.40 bits per heavy atom. The normalized spacial score (nSPS) is 11.0. The first-order chi connectivity index (χ1) is 32.9. The zero-order valence-electron chi connectivity index (χ0n) is 37.1. The molecule has 2 heterocycles. The average Bonchev–Trinajstić information content (AvgIpc) is 3.33. The van der Waals surface area contributed by atoms with Crippen LogP contribution in [0.15, 0.2) is 122 Å². The van der Waals surface area contributed by atoms with Crippen LogP contribution in [0, 0.1) is 36.5 Å². The maximum atomic E-state index is 10.9. The fourth-order valence-corrected chi connectivity index (χ4v) is 7.45. The summed E-state index contributed by atoms with van der Waals surface area (Å²) in [5, 5.41) is 43.6. The molecule has 0 spiro atoms. The van der Waals surface area contributed by atoms with E-state index >= 15 is 0 Å². The van der Waals surface area contributed by atoms with Gasteiger partial charge >= 0.3 is 11.9 Å². The summed E-state index contributed by atoms with van der Waals surface area (Å²) < 4.78 is 25.2. The molecule has 0 bridgehead atoms. The molecule has 0 atom stereocenters. The van der Waals surface area contributed by atoms with Crippen LogP contribution in [0.4, 0.5) is 0 Å². The van der Waals surface area contributed by atoms with Gasteiger partial charge in [-0.15, -0.1) is 0 Å². The molecular weight excluding hydrogens is 908 g/mol. The number of hydrogen-bond acceptors (Lipinski definition) is 12. The summed E-state index contributed by atoms with van der Waals surface area (Å²) >= 11 is 13.6. The molecule has 0 radical (unpaired) electrons. The van der Waals surface area contributed by atoms with Crippen molar-refractivity contribution in [3.63, 3.8) is 0 Å². The van der Waals surface area contributed by atoms with E-state index in [9.17, 15) is 20.1 Å². The van der Waals surface area contributed by atoms with Crippen molar-refractivity contribution in [1.29, 1.82) is 10.5 Å². The first-order valence-corrected chi connectivity index (χ1v) is 21.9. The van der Waals surface area contributed by atoms with Crippen molar-refractivity contribution in [2.45, 2.75) is 53.4 Å².